The molecule has 1 aromatic carbocycles. The lowest BCUT2D eigenvalue weighted by molar-refractivity contribution is -0.144. The van der Waals surface area contributed by atoms with Crippen LogP contribution in [0.25, 0.3) is 0 Å². The van der Waals surface area contributed by atoms with Crippen molar-refractivity contribution in [3.63, 3.8) is 0 Å². The molecule has 0 aromatic heterocycles. The minimum Gasteiger partial charge on any atom is -0.468 e. The molecule has 0 radical (unpaired) electrons. The molecule has 0 bridgehead atoms. The van der Waals surface area contributed by atoms with Crippen LogP contribution in [0.3, 0.4) is 0 Å². The average molecular weight is 310 g/mol. The minimum absolute atomic E-state index is 0.0451. The summed E-state index contributed by atoms with van der Waals surface area (Å²) in [5.74, 6) is -0.503. The Bertz CT molecular complexity index is 492. The van der Waals surface area contributed by atoms with Gasteiger partial charge in [0, 0.05) is 4.90 Å². The van der Waals surface area contributed by atoms with Crippen LogP contribution in [0.2, 0.25) is 0 Å². The quantitative estimate of drug-likeness (QED) is 0.596. The Balaban J connectivity index is 2.59. The van der Waals surface area contributed by atoms with Crippen molar-refractivity contribution in [2.24, 2.45) is 5.92 Å². The average Bonchev–Trinajstić information content (AvgIpc) is 2.47. The number of para-hydroxylation sites is 1. The molecule has 5 nitrogen and oxygen atoms in total. The molecule has 21 heavy (non-hydrogen) atoms. The molecule has 0 saturated heterocycles. The first-order valence-electron chi connectivity index (χ1n) is 6.73. The van der Waals surface area contributed by atoms with Crippen LogP contribution in [0.5, 0.6) is 0 Å². The predicted molar refractivity (Wildman–Crippen MR) is 85.5 cm³/mol. The monoisotopic (exact) mass is 310 g/mol. The van der Waals surface area contributed by atoms with Crippen molar-refractivity contribution in [2.45, 2.75) is 24.8 Å². The number of thioether (sulfide) groups is 1. The van der Waals surface area contributed by atoms with Crippen molar-refractivity contribution in [2.75, 3.05) is 25.2 Å². The third kappa shape index (κ3) is 5.40. The van der Waals surface area contributed by atoms with Gasteiger partial charge in [0.05, 0.1) is 19.3 Å². The molecule has 2 N–H and O–H groups in total. The highest BCUT2D eigenvalue weighted by Crippen LogP contribution is 2.24. The number of ether oxygens (including phenoxy) is 1. The Morgan fingerprint density at radius 3 is 2.52 bits per heavy atom. The van der Waals surface area contributed by atoms with E-state index in [1.807, 2.05) is 44.4 Å². The maximum Gasteiger partial charge on any atom is 0.323 e. The van der Waals surface area contributed by atoms with E-state index in [0.29, 0.717) is 0 Å². The van der Waals surface area contributed by atoms with Crippen molar-refractivity contribution in [3.8, 4) is 0 Å². The number of carbonyl (C=O) groups is 2. The summed E-state index contributed by atoms with van der Waals surface area (Å²) in [6, 6.07) is 7.10. The molecule has 0 fully saturated rings. The highest BCUT2D eigenvalue weighted by Gasteiger charge is 2.23. The second-order valence-electron chi connectivity index (χ2n) is 4.87. The van der Waals surface area contributed by atoms with Gasteiger partial charge in [-0.15, -0.1) is 11.8 Å². The zero-order chi connectivity index (χ0) is 15.8. The number of nitrogens with one attached hydrogen (secondary N) is 2. The Kier molecular flexibility index (Phi) is 7.25. The van der Waals surface area contributed by atoms with E-state index in [0.717, 1.165) is 10.6 Å². The van der Waals surface area contributed by atoms with Gasteiger partial charge in [0.2, 0.25) is 5.91 Å². The first-order chi connectivity index (χ1) is 9.99. The number of amides is 1. The molecular formula is C15H22N2O3S. The fraction of sp³-hybridized carbons (Fsp3) is 0.467. The minimum atomic E-state index is -0.489. The molecule has 1 aromatic rings. The lowest BCUT2D eigenvalue weighted by Gasteiger charge is -2.19. The summed E-state index contributed by atoms with van der Waals surface area (Å²) in [7, 11) is 1.34. The van der Waals surface area contributed by atoms with Crippen molar-refractivity contribution >= 4 is 29.3 Å². The number of benzene rings is 1. The van der Waals surface area contributed by atoms with Gasteiger partial charge in [-0.1, -0.05) is 26.0 Å². The summed E-state index contributed by atoms with van der Waals surface area (Å²) in [6.45, 7) is 3.85. The van der Waals surface area contributed by atoms with E-state index < -0.39 is 6.04 Å². The Labute approximate surface area is 129 Å². The maximum atomic E-state index is 12.0. The van der Waals surface area contributed by atoms with Gasteiger partial charge in [0.1, 0.15) is 6.04 Å². The van der Waals surface area contributed by atoms with Gasteiger partial charge >= 0.3 is 5.97 Å². The van der Waals surface area contributed by atoms with E-state index in [1.54, 1.807) is 11.8 Å². The van der Waals surface area contributed by atoms with Crippen LogP contribution >= 0.6 is 11.8 Å². The number of rotatable bonds is 7. The normalized spacial score (nSPS) is 12.0. The van der Waals surface area contributed by atoms with Crippen LogP contribution in [0.1, 0.15) is 13.8 Å². The molecule has 0 aliphatic heterocycles. The molecule has 1 atom stereocenters. The van der Waals surface area contributed by atoms with Crippen molar-refractivity contribution in [3.05, 3.63) is 24.3 Å². The van der Waals surface area contributed by atoms with E-state index in [4.69, 9.17) is 4.74 Å². The molecule has 0 saturated carbocycles. The number of carbonyl (C=O) groups excluding carboxylic acids is 2. The van der Waals surface area contributed by atoms with Crippen molar-refractivity contribution < 1.29 is 14.3 Å². The number of hydrogen-bond donors (Lipinski definition) is 2. The molecule has 1 unspecified atom stereocenters. The molecule has 0 aliphatic carbocycles. The largest absolute Gasteiger partial charge is 0.468 e. The van der Waals surface area contributed by atoms with Gasteiger partial charge in [0.25, 0.3) is 0 Å². The molecule has 1 amide bonds. The van der Waals surface area contributed by atoms with Crippen molar-refractivity contribution in [1.29, 1.82) is 0 Å². The van der Waals surface area contributed by atoms with E-state index >= 15 is 0 Å². The van der Waals surface area contributed by atoms with Gasteiger partial charge < -0.3 is 10.1 Å². The first-order valence-corrected chi connectivity index (χ1v) is 7.96. The summed E-state index contributed by atoms with van der Waals surface area (Å²) < 4.78 is 4.72. The summed E-state index contributed by atoms with van der Waals surface area (Å²) in [4.78, 5) is 24.6. The van der Waals surface area contributed by atoms with Gasteiger partial charge in [0.15, 0.2) is 0 Å². The topological polar surface area (TPSA) is 67.4 Å². The summed E-state index contributed by atoms with van der Waals surface area (Å²) >= 11 is 1.57. The molecule has 0 aliphatic rings. The predicted octanol–water partition coefficient (Wildman–Crippen LogP) is 2.13. The van der Waals surface area contributed by atoms with Crippen LogP contribution < -0.4 is 10.6 Å². The Morgan fingerprint density at radius 2 is 1.95 bits per heavy atom. The molecule has 0 heterocycles. The Hall–Kier alpha value is -1.53. The van der Waals surface area contributed by atoms with Crippen molar-refractivity contribution in [1.82, 2.24) is 5.32 Å². The fourth-order valence-electron chi connectivity index (χ4n) is 1.86. The third-order valence-electron chi connectivity index (χ3n) is 2.99. The SMILES string of the molecule is COC(=O)C(NCC(=O)Nc1ccccc1SC)C(C)C. The van der Waals surface area contributed by atoms with E-state index in [1.165, 1.54) is 7.11 Å². The van der Waals surface area contributed by atoms with Gasteiger partial charge in [-0.25, -0.2) is 0 Å². The highest BCUT2D eigenvalue weighted by molar-refractivity contribution is 7.98. The summed E-state index contributed by atoms with van der Waals surface area (Å²) in [5, 5.41) is 5.77. The molecule has 116 valence electrons. The van der Waals surface area contributed by atoms with Crippen LogP contribution in [0.15, 0.2) is 29.2 Å². The zero-order valence-electron chi connectivity index (χ0n) is 12.8. The summed E-state index contributed by atoms with van der Waals surface area (Å²) in [6.07, 6.45) is 1.95. The van der Waals surface area contributed by atoms with Gasteiger partial charge in [-0.3, -0.25) is 14.9 Å². The number of hydrogen-bond acceptors (Lipinski definition) is 5. The molecule has 1 rings (SSSR count). The molecule has 0 spiro atoms. The highest BCUT2D eigenvalue weighted by atomic mass is 32.2. The van der Waals surface area contributed by atoms with Gasteiger partial charge in [-0.05, 0) is 24.3 Å². The first kappa shape index (κ1) is 17.5. The lowest BCUT2D eigenvalue weighted by atomic mass is 10.0. The maximum absolute atomic E-state index is 12.0. The van der Waals surface area contributed by atoms with E-state index in [2.05, 4.69) is 10.6 Å². The summed E-state index contributed by atoms with van der Waals surface area (Å²) in [5.41, 5.74) is 0.774. The fourth-order valence-corrected chi connectivity index (χ4v) is 2.42. The standard InChI is InChI=1S/C15H22N2O3S/c1-10(2)14(15(19)20-3)16-9-13(18)17-11-7-5-6-8-12(11)21-4/h5-8,10,14,16H,9H2,1-4H3,(H,17,18). The van der Waals surface area contributed by atoms with Crippen LogP contribution in [-0.4, -0.2) is 37.8 Å². The molecule has 6 heteroatoms. The van der Waals surface area contributed by atoms with Gasteiger partial charge in [-0.2, -0.15) is 0 Å². The number of methoxy groups -OCH3 is 1. The lowest BCUT2D eigenvalue weighted by Crippen LogP contribution is -2.45. The molecular weight excluding hydrogens is 288 g/mol. The third-order valence-corrected chi connectivity index (χ3v) is 3.78. The smallest absolute Gasteiger partial charge is 0.323 e. The second kappa shape index (κ2) is 8.69. The van der Waals surface area contributed by atoms with E-state index in [-0.39, 0.29) is 24.3 Å². The Morgan fingerprint density at radius 1 is 1.29 bits per heavy atom. The van der Waals surface area contributed by atoms with Crippen LogP contribution in [0, 0.1) is 5.92 Å². The number of esters is 1. The van der Waals surface area contributed by atoms with E-state index in [9.17, 15) is 9.59 Å². The van der Waals surface area contributed by atoms with Crippen LogP contribution in [-0.2, 0) is 14.3 Å². The second-order valence-corrected chi connectivity index (χ2v) is 5.72. The zero-order valence-corrected chi connectivity index (χ0v) is 13.6. The number of anilines is 1. The van der Waals surface area contributed by atoms with Crippen LogP contribution in [0.4, 0.5) is 5.69 Å².